The molecule has 0 radical (unpaired) electrons. The summed E-state index contributed by atoms with van der Waals surface area (Å²) in [5.74, 6) is -2.24. The fraction of sp³-hybridized carbons (Fsp3) is 0.417. The van der Waals surface area contributed by atoms with Crippen LogP contribution in [0.4, 0.5) is 0 Å². The standard InChI is InChI=1S/C24H28N2O6S/c1-2-32-23(29)20-21(27)22(28)26(17-18-9-5-3-6-10-18)24(20)13-15-25(16-14-24)33(30,31)19-11-7-4-8-12-19/h3-12,20-21,27H,2,13-17H2,1H3/t20-,21+/m0/s1. The summed E-state index contributed by atoms with van der Waals surface area (Å²) in [7, 11) is -3.71. The van der Waals surface area contributed by atoms with E-state index in [4.69, 9.17) is 4.74 Å². The average molecular weight is 473 g/mol. The minimum Gasteiger partial charge on any atom is -0.466 e. The van der Waals surface area contributed by atoms with Gasteiger partial charge >= 0.3 is 5.97 Å². The van der Waals surface area contributed by atoms with Crippen molar-refractivity contribution in [1.29, 1.82) is 0 Å². The van der Waals surface area contributed by atoms with Crippen molar-refractivity contribution in [2.45, 2.75) is 42.8 Å². The van der Waals surface area contributed by atoms with Gasteiger partial charge in [0.2, 0.25) is 10.0 Å². The lowest BCUT2D eigenvalue weighted by Crippen LogP contribution is -2.58. The molecule has 2 aliphatic rings. The normalized spacial score (nSPS) is 23.1. The smallest absolute Gasteiger partial charge is 0.314 e. The lowest BCUT2D eigenvalue weighted by molar-refractivity contribution is -0.156. The summed E-state index contributed by atoms with van der Waals surface area (Å²) in [6.07, 6.45) is -1.08. The maximum Gasteiger partial charge on any atom is 0.314 e. The van der Waals surface area contributed by atoms with E-state index >= 15 is 0 Å². The number of esters is 1. The van der Waals surface area contributed by atoms with Crippen LogP contribution in [0.25, 0.3) is 0 Å². The summed E-state index contributed by atoms with van der Waals surface area (Å²) >= 11 is 0. The number of amides is 1. The van der Waals surface area contributed by atoms with E-state index in [9.17, 15) is 23.1 Å². The minimum atomic E-state index is -3.71. The molecular formula is C24H28N2O6S. The third-order valence-electron chi connectivity index (χ3n) is 6.64. The maximum absolute atomic E-state index is 13.1. The molecule has 4 rings (SSSR count). The zero-order valence-electron chi connectivity index (χ0n) is 18.5. The fourth-order valence-electron chi connectivity index (χ4n) is 5.00. The molecule has 2 aromatic carbocycles. The Morgan fingerprint density at radius 3 is 2.21 bits per heavy atom. The molecule has 2 fully saturated rings. The second-order valence-electron chi connectivity index (χ2n) is 8.41. The van der Waals surface area contributed by atoms with Crippen LogP contribution in [-0.4, -0.2) is 65.9 Å². The number of likely N-dealkylation sites (tertiary alicyclic amines) is 1. The predicted molar refractivity (Wildman–Crippen MR) is 120 cm³/mol. The minimum absolute atomic E-state index is 0.123. The van der Waals surface area contributed by atoms with Crippen molar-refractivity contribution in [2.75, 3.05) is 19.7 Å². The Morgan fingerprint density at radius 2 is 1.64 bits per heavy atom. The Labute approximate surface area is 193 Å². The van der Waals surface area contributed by atoms with Crippen molar-refractivity contribution < 1.29 is 27.9 Å². The van der Waals surface area contributed by atoms with Crippen molar-refractivity contribution >= 4 is 21.9 Å². The van der Waals surface area contributed by atoms with Crippen molar-refractivity contribution in [2.24, 2.45) is 5.92 Å². The molecule has 2 saturated heterocycles. The zero-order chi connectivity index (χ0) is 23.6. The van der Waals surface area contributed by atoms with Gasteiger partial charge < -0.3 is 14.7 Å². The van der Waals surface area contributed by atoms with Crippen molar-refractivity contribution in [3.8, 4) is 0 Å². The SMILES string of the molecule is CCOC(=O)[C@@H]1[C@@H](O)C(=O)N(Cc2ccccc2)C12CCN(S(=O)(=O)c1ccccc1)CC2. The van der Waals surface area contributed by atoms with Gasteiger partial charge in [-0.2, -0.15) is 4.31 Å². The molecule has 1 spiro atoms. The summed E-state index contributed by atoms with van der Waals surface area (Å²) < 4.78 is 32.8. The number of rotatable bonds is 6. The largest absolute Gasteiger partial charge is 0.466 e. The Bertz CT molecular complexity index is 1100. The van der Waals surface area contributed by atoms with Crippen LogP contribution in [0.3, 0.4) is 0 Å². The number of benzene rings is 2. The zero-order valence-corrected chi connectivity index (χ0v) is 19.3. The van der Waals surface area contributed by atoms with Crippen molar-refractivity contribution in [3.63, 3.8) is 0 Å². The molecule has 0 bridgehead atoms. The third kappa shape index (κ3) is 4.16. The second kappa shape index (κ2) is 9.24. The topological polar surface area (TPSA) is 104 Å². The number of aliphatic hydroxyl groups is 1. The molecule has 2 heterocycles. The molecule has 1 N–H and O–H groups in total. The van der Waals surface area contributed by atoms with Gasteiger partial charge in [0.15, 0.2) is 0 Å². The van der Waals surface area contributed by atoms with Gasteiger partial charge in [0.1, 0.15) is 12.0 Å². The van der Waals surface area contributed by atoms with Crippen molar-refractivity contribution in [1.82, 2.24) is 9.21 Å². The van der Waals surface area contributed by atoms with E-state index < -0.39 is 39.5 Å². The van der Waals surface area contributed by atoms with E-state index in [2.05, 4.69) is 0 Å². The Balaban J connectivity index is 1.66. The van der Waals surface area contributed by atoms with E-state index in [0.29, 0.717) is 0 Å². The first-order chi connectivity index (χ1) is 15.8. The number of piperidine rings is 1. The van der Waals surface area contributed by atoms with E-state index in [1.807, 2.05) is 30.3 Å². The molecular weight excluding hydrogens is 444 g/mol. The molecule has 0 unspecified atom stereocenters. The molecule has 8 nitrogen and oxygen atoms in total. The van der Waals surface area contributed by atoms with Crippen LogP contribution in [0.2, 0.25) is 0 Å². The molecule has 2 atom stereocenters. The lowest BCUT2D eigenvalue weighted by Gasteiger charge is -2.46. The summed E-state index contributed by atoms with van der Waals surface area (Å²) in [6, 6.07) is 17.5. The highest BCUT2D eigenvalue weighted by atomic mass is 32.2. The van der Waals surface area contributed by atoms with Crippen LogP contribution in [0.1, 0.15) is 25.3 Å². The summed E-state index contributed by atoms with van der Waals surface area (Å²) in [5, 5.41) is 10.8. The number of nitrogens with zero attached hydrogens (tertiary/aromatic N) is 2. The molecule has 176 valence electrons. The van der Waals surface area contributed by atoms with Gasteiger partial charge in [0, 0.05) is 19.6 Å². The highest BCUT2D eigenvalue weighted by Crippen LogP contribution is 2.46. The second-order valence-corrected chi connectivity index (χ2v) is 10.3. The Morgan fingerprint density at radius 1 is 1.06 bits per heavy atom. The molecule has 0 saturated carbocycles. The third-order valence-corrected chi connectivity index (χ3v) is 8.56. The lowest BCUT2D eigenvalue weighted by atomic mass is 9.76. The molecule has 0 aliphatic carbocycles. The van der Waals surface area contributed by atoms with E-state index in [1.54, 1.807) is 42.2 Å². The number of aliphatic hydroxyl groups excluding tert-OH is 1. The Kier molecular flexibility index (Phi) is 6.56. The quantitative estimate of drug-likeness (QED) is 0.643. The van der Waals surface area contributed by atoms with Crippen LogP contribution >= 0.6 is 0 Å². The van der Waals surface area contributed by atoms with E-state index in [1.165, 1.54) is 4.31 Å². The van der Waals surface area contributed by atoms with E-state index in [0.717, 1.165) is 5.56 Å². The van der Waals surface area contributed by atoms with Crippen LogP contribution in [0.5, 0.6) is 0 Å². The molecule has 33 heavy (non-hydrogen) atoms. The molecule has 2 aromatic rings. The van der Waals surface area contributed by atoms with Gasteiger partial charge in [-0.15, -0.1) is 0 Å². The van der Waals surface area contributed by atoms with Gasteiger partial charge in [-0.1, -0.05) is 48.5 Å². The summed E-state index contributed by atoms with van der Waals surface area (Å²) in [4.78, 5) is 27.8. The average Bonchev–Trinajstić information content (AvgIpc) is 3.02. The first-order valence-electron chi connectivity index (χ1n) is 11.1. The van der Waals surface area contributed by atoms with E-state index in [-0.39, 0.29) is 44.0 Å². The van der Waals surface area contributed by atoms with Gasteiger partial charge in [-0.25, -0.2) is 8.42 Å². The maximum atomic E-state index is 13.1. The first kappa shape index (κ1) is 23.4. The number of carbonyl (C=O) groups excluding carboxylic acids is 2. The Hall–Kier alpha value is -2.75. The van der Waals surface area contributed by atoms with Crippen LogP contribution in [0.15, 0.2) is 65.6 Å². The number of ether oxygens (including phenoxy) is 1. The molecule has 2 aliphatic heterocycles. The number of hydrogen-bond acceptors (Lipinski definition) is 6. The van der Waals surface area contributed by atoms with Gasteiger partial charge in [0.25, 0.3) is 5.91 Å². The monoisotopic (exact) mass is 472 g/mol. The summed E-state index contributed by atoms with van der Waals surface area (Å²) in [5.41, 5.74) is -0.164. The van der Waals surface area contributed by atoms with Gasteiger partial charge in [-0.05, 0) is 37.5 Å². The number of sulfonamides is 1. The van der Waals surface area contributed by atoms with Gasteiger partial charge in [-0.3, -0.25) is 9.59 Å². The highest BCUT2D eigenvalue weighted by molar-refractivity contribution is 7.89. The first-order valence-corrected chi connectivity index (χ1v) is 12.5. The fourth-order valence-corrected chi connectivity index (χ4v) is 6.46. The predicted octanol–water partition coefficient (Wildman–Crippen LogP) is 1.79. The molecule has 9 heteroatoms. The highest BCUT2D eigenvalue weighted by Gasteiger charge is 2.62. The van der Waals surface area contributed by atoms with Gasteiger partial charge in [0.05, 0.1) is 17.0 Å². The molecule has 0 aromatic heterocycles. The van der Waals surface area contributed by atoms with Crippen molar-refractivity contribution in [3.05, 3.63) is 66.2 Å². The van der Waals surface area contributed by atoms with Crippen LogP contribution in [0, 0.1) is 5.92 Å². The molecule has 1 amide bonds. The van der Waals surface area contributed by atoms with Crippen LogP contribution < -0.4 is 0 Å². The summed E-state index contributed by atoms with van der Waals surface area (Å²) in [6.45, 7) is 2.26. The van der Waals surface area contributed by atoms with Crippen LogP contribution in [-0.2, 0) is 30.9 Å². The number of hydrogen-bond donors (Lipinski definition) is 1. The number of carbonyl (C=O) groups is 2.